The Bertz CT molecular complexity index is 880. The first kappa shape index (κ1) is 19.7. The predicted octanol–water partition coefficient (Wildman–Crippen LogP) is 3.20. The molecule has 3 saturated heterocycles. The monoisotopic (exact) mass is 432 g/mol. The third-order valence-corrected chi connectivity index (χ3v) is 7.10. The van der Waals surface area contributed by atoms with Crippen LogP contribution in [0.5, 0.6) is 0 Å². The molecule has 2 bridgehead atoms. The largest absolute Gasteiger partial charge is 0.481 e. The minimum Gasteiger partial charge on any atom is -0.481 e. The summed E-state index contributed by atoms with van der Waals surface area (Å²) in [6.45, 7) is 1.02. The van der Waals surface area contributed by atoms with Crippen LogP contribution in [0.25, 0.3) is 0 Å². The number of carboxylic acids is 1. The molecular formula is C19H21F5N4O2. The second-order valence-corrected chi connectivity index (χ2v) is 8.84. The fourth-order valence-electron chi connectivity index (χ4n) is 5.45. The summed E-state index contributed by atoms with van der Waals surface area (Å²) in [4.78, 5) is 22.1. The van der Waals surface area contributed by atoms with Crippen molar-refractivity contribution in [1.29, 1.82) is 0 Å². The van der Waals surface area contributed by atoms with Gasteiger partial charge in [0.2, 0.25) is 5.95 Å². The maximum atomic E-state index is 14.5. The van der Waals surface area contributed by atoms with Crippen LogP contribution in [-0.2, 0) is 17.1 Å². The first-order chi connectivity index (χ1) is 14.0. The van der Waals surface area contributed by atoms with Crippen LogP contribution in [0.4, 0.5) is 33.7 Å². The maximum absolute atomic E-state index is 14.5. The molecule has 1 aromatic rings. The Hall–Kier alpha value is -2.20. The Balaban J connectivity index is 1.47. The Morgan fingerprint density at radius 2 is 1.90 bits per heavy atom. The molecule has 2 aliphatic carbocycles. The normalized spacial score (nSPS) is 31.8. The van der Waals surface area contributed by atoms with Gasteiger partial charge in [0.1, 0.15) is 17.6 Å². The van der Waals surface area contributed by atoms with Crippen LogP contribution < -0.4 is 9.80 Å². The van der Waals surface area contributed by atoms with Gasteiger partial charge in [0.05, 0.1) is 0 Å². The molecule has 0 radical (unpaired) electrons. The number of aromatic nitrogens is 2. The Kier molecular flexibility index (Phi) is 4.21. The molecule has 0 aromatic carbocycles. The Morgan fingerprint density at radius 1 is 1.20 bits per heavy atom. The van der Waals surface area contributed by atoms with Crippen molar-refractivity contribution in [3.05, 3.63) is 11.3 Å². The van der Waals surface area contributed by atoms with Crippen LogP contribution in [0.15, 0.2) is 0 Å². The number of hydrogen-bond donors (Lipinski definition) is 1. The van der Waals surface area contributed by atoms with Gasteiger partial charge in [-0.1, -0.05) is 0 Å². The summed E-state index contributed by atoms with van der Waals surface area (Å²) in [5, 5.41) is 9.08. The number of carbonyl (C=O) groups is 1. The SMILES string of the molecule is O=C(O)C[C@H]1[C@@H]2C[C@H]1CN(c1nc(N3CC[C@H]3C(F)(F)F)nc3c1CCC3(F)F)C2. The van der Waals surface area contributed by atoms with Crippen LogP contribution >= 0.6 is 0 Å². The maximum Gasteiger partial charge on any atom is 0.408 e. The van der Waals surface area contributed by atoms with Gasteiger partial charge in [0, 0.05) is 38.0 Å². The standard InChI is InChI=1S/C19H21F5N4O2/c20-18(21)3-1-11-15(18)25-17(28-4-2-13(28)19(22,23)24)26-16(11)27-7-9-5-10(8-27)12(9)6-14(29)30/h9-10,12-13H,1-8H2,(H,29,30)/t9-,10+,12+,13-/m0/s1. The first-order valence-corrected chi connectivity index (χ1v) is 10.1. The van der Waals surface area contributed by atoms with Gasteiger partial charge in [-0.15, -0.1) is 0 Å². The number of alkyl halides is 5. The van der Waals surface area contributed by atoms with Gasteiger partial charge in [-0.05, 0) is 37.0 Å². The number of piperidine rings is 2. The number of anilines is 2. The Morgan fingerprint density at radius 3 is 2.47 bits per heavy atom. The second-order valence-electron chi connectivity index (χ2n) is 8.84. The summed E-state index contributed by atoms with van der Waals surface area (Å²) in [6.07, 6.45) is -3.98. The van der Waals surface area contributed by atoms with Gasteiger partial charge >= 0.3 is 12.1 Å². The van der Waals surface area contributed by atoms with Gasteiger partial charge in [-0.2, -0.15) is 26.9 Å². The van der Waals surface area contributed by atoms with Crippen molar-refractivity contribution >= 4 is 17.7 Å². The zero-order valence-electron chi connectivity index (χ0n) is 16.0. The lowest BCUT2D eigenvalue weighted by Gasteiger charge is -2.54. The van der Waals surface area contributed by atoms with Crippen molar-refractivity contribution in [2.45, 2.75) is 50.2 Å². The van der Waals surface area contributed by atoms with E-state index in [4.69, 9.17) is 5.11 Å². The number of halogens is 5. The lowest BCUT2D eigenvalue weighted by molar-refractivity contribution is -0.160. The van der Waals surface area contributed by atoms with E-state index in [0.29, 0.717) is 24.5 Å². The number of aliphatic carboxylic acids is 1. The number of fused-ring (bicyclic) bond motifs is 3. The Labute approximate surface area is 169 Å². The molecule has 4 atom stereocenters. The summed E-state index contributed by atoms with van der Waals surface area (Å²) in [6, 6.07) is -1.76. The summed E-state index contributed by atoms with van der Waals surface area (Å²) in [5.74, 6) is -3.73. The van der Waals surface area contributed by atoms with Crippen LogP contribution in [0, 0.1) is 17.8 Å². The number of nitrogens with zero attached hydrogens (tertiary/aromatic N) is 4. The third kappa shape index (κ3) is 2.99. The molecule has 0 amide bonds. The zero-order chi connectivity index (χ0) is 21.4. The van der Waals surface area contributed by atoms with E-state index in [1.54, 1.807) is 0 Å². The van der Waals surface area contributed by atoms with E-state index < -0.39 is 36.2 Å². The molecule has 0 spiro atoms. The van der Waals surface area contributed by atoms with Crippen molar-refractivity contribution in [2.75, 3.05) is 29.4 Å². The topological polar surface area (TPSA) is 69.6 Å². The summed E-state index contributed by atoms with van der Waals surface area (Å²) < 4.78 is 68.6. The number of hydrogen-bond acceptors (Lipinski definition) is 5. The highest BCUT2D eigenvalue weighted by Crippen LogP contribution is 2.51. The molecule has 164 valence electrons. The third-order valence-electron chi connectivity index (χ3n) is 7.10. The van der Waals surface area contributed by atoms with E-state index >= 15 is 0 Å². The van der Waals surface area contributed by atoms with Crippen molar-refractivity contribution in [2.24, 2.45) is 17.8 Å². The van der Waals surface area contributed by atoms with E-state index in [1.807, 2.05) is 4.90 Å². The number of rotatable bonds is 4. The van der Waals surface area contributed by atoms with Crippen molar-refractivity contribution in [3.8, 4) is 0 Å². The van der Waals surface area contributed by atoms with Crippen molar-refractivity contribution < 1.29 is 31.9 Å². The predicted molar refractivity (Wildman–Crippen MR) is 95.6 cm³/mol. The molecule has 5 aliphatic rings. The molecule has 1 saturated carbocycles. The lowest BCUT2D eigenvalue weighted by Crippen LogP contribution is -2.57. The summed E-state index contributed by atoms with van der Waals surface area (Å²) in [5.41, 5.74) is -0.152. The van der Waals surface area contributed by atoms with E-state index in [9.17, 15) is 26.7 Å². The van der Waals surface area contributed by atoms with Gasteiger partial charge in [0.25, 0.3) is 5.92 Å². The molecule has 1 aromatic heterocycles. The minimum absolute atomic E-state index is 0.0551. The van der Waals surface area contributed by atoms with E-state index in [0.717, 1.165) is 11.3 Å². The first-order valence-electron chi connectivity index (χ1n) is 10.1. The smallest absolute Gasteiger partial charge is 0.408 e. The molecule has 6 rings (SSSR count). The number of carboxylic acid groups (broad SMARTS) is 1. The second kappa shape index (κ2) is 6.40. The zero-order valence-corrected chi connectivity index (χ0v) is 16.0. The fraction of sp³-hybridized carbons (Fsp3) is 0.737. The van der Waals surface area contributed by atoms with Crippen molar-refractivity contribution in [3.63, 3.8) is 0 Å². The molecular weight excluding hydrogens is 411 g/mol. The molecule has 4 fully saturated rings. The molecule has 4 heterocycles. The molecule has 11 heteroatoms. The van der Waals surface area contributed by atoms with Crippen molar-refractivity contribution in [1.82, 2.24) is 9.97 Å². The van der Waals surface area contributed by atoms with Gasteiger partial charge < -0.3 is 14.9 Å². The van der Waals surface area contributed by atoms with Gasteiger partial charge in [-0.25, -0.2) is 4.98 Å². The van der Waals surface area contributed by atoms with E-state index in [-0.39, 0.29) is 49.5 Å². The van der Waals surface area contributed by atoms with Crippen LogP contribution in [0.3, 0.4) is 0 Å². The lowest BCUT2D eigenvalue weighted by atomic mass is 9.60. The quantitative estimate of drug-likeness (QED) is 0.737. The fourth-order valence-corrected chi connectivity index (χ4v) is 5.45. The van der Waals surface area contributed by atoms with Crippen LogP contribution in [0.1, 0.15) is 36.9 Å². The van der Waals surface area contributed by atoms with Crippen LogP contribution in [0.2, 0.25) is 0 Å². The molecule has 30 heavy (non-hydrogen) atoms. The van der Waals surface area contributed by atoms with Gasteiger partial charge in [-0.3, -0.25) is 4.79 Å². The molecule has 1 N–H and O–H groups in total. The minimum atomic E-state index is -4.47. The average Bonchev–Trinajstić information content (AvgIpc) is 2.92. The van der Waals surface area contributed by atoms with E-state index in [1.165, 1.54) is 0 Å². The molecule has 0 unspecified atom stereocenters. The highest BCUT2D eigenvalue weighted by molar-refractivity contribution is 5.67. The molecule has 3 aliphatic heterocycles. The summed E-state index contributed by atoms with van der Waals surface area (Å²) in [7, 11) is 0. The van der Waals surface area contributed by atoms with Crippen LogP contribution in [-0.4, -0.2) is 52.9 Å². The highest BCUT2D eigenvalue weighted by atomic mass is 19.4. The van der Waals surface area contributed by atoms with E-state index in [2.05, 4.69) is 9.97 Å². The highest BCUT2D eigenvalue weighted by Gasteiger charge is 2.52. The summed E-state index contributed by atoms with van der Waals surface area (Å²) >= 11 is 0. The molecule has 6 nitrogen and oxygen atoms in total. The average molecular weight is 432 g/mol. The van der Waals surface area contributed by atoms with Gasteiger partial charge in [0.15, 0.2) is 0 Å².